The summed E-state index contributed by atoms with van der Waals surface area (Å²) in [6.45, 7) is 6.88. The van der Waals surface area contributed by atoms with E-state index >= 15 is 0 Å². The van der Waals surface area contributed by atoms with Gasteiger partial charge in [0.25, 0.3) is 5.78 Å². The maximum absolute atomic E-state index is 13.1. The number of nitrogens with zero attached hydrogens (tertiary/aromatic N) is 2. The zero-order valence-electron chi connectivity index (χ0n) is 17.4. The second kappa shape index (κ2) is 7.86. The molecule has 0 bridgehead atoms. The molecule has 1 aliphatic rings. The normalized spacial score (nSPS) is 18.1. The standard InChI is InChI=1S/C23H20N2O4S2/c1-11-7-8-12(2)15(10-11)19(27)17-18(16-6-5-9-30-16)25(22(29)20(17)28)23-24-13(3)21(31-23)14(4)26/h5-10,18,27H,1-4H3/b19-17+. The number of hydrogen-bond acceptors (Lipinski definition) is 7. The molecule has 0 aliphatic carbocycles. The Morgan fingerprint density at radius 3 is 2.52 bits per heavy atom. The van der Waals surface area contributed by atoms with E-state index in [4.69, 9.17) is 0 Å². The summed E-state index contributed by atoms with van der Waals surface area (Å²) in [5.74, 6) is -1.90. The minimum atomic E-state index is -0.815. The van der Waals surface area contributed by atoms with Crippen molar-refractivity contribution in [3.8, 4) is 0 Å². The fourth-order valence-corrected chi connectivity index (χ4v) is 5.51. The van der Waals surface area contributed by atoms with Crippen molar-refractivity contribution in [2.24, 2.45) is 0 Å². The maximum Gasteiger partial charge on any atom is 0.301 e. The summed E-state index contributed by atoms with van der Waals surface area (Å²) < 4.78 is 0. The fourth-order valence-electron chi connectivity index (χ4n) is 3.69. The SMILES string of the molecule is CC(=O)c1sc(N2C(=O)C(=O)/C(=C(/O)c3cc(C)ccc3C)C2c2cccs2)nc1C. The van der Waals surface area contributed by atoms with Gasteiger partial charge in [0.1, 0.15) is 11.8 Å². The second-order valence-electron chi connectivity index (χ2n) is 7.47. The lowest BCUT2D eigenvalue weighted by Crippen LogP contribution is -2.29. The highest BCUT2D eigenvalue weighted by molar-refractivity contribution is 7.18. The first-order chi connectivity index (χ1) is 14.7. The average molecular weight is 453 g/mol. The Labute approximate surface area is 187 Å². The van der Waals surface area contributed by atoms with Gasteiger partial charge in [-0.3, -0.25) is 19.3 Å². The molecule has 4 rings (SSSR count). The van der Waals surface area contributed by atoms with Crippen LogP contribution in [0.25, 0.3) is 5.76 Å². The minimum Gasteiger partial charge on any atom is -0.507 e. The van der Waals surface area contributed by atoms with E-state index in [1.807, 2.05) is 43.5 Å². The molecule has 1 unspecified atom stereocenters. The molecule has 3 heterocycles. The molecule has 31 heavy (non-hydrogen) atoms. The Hall–Kier alpha value is -3.10. The molecule has 0 saturated carbocycles. The van der Waals surface area contributed by atoms with Crippen molar-refractivity contribution in [1.82, 2.24) is 4.98 Å². The number of Topliss-reactive ketones (excluding diaryl/α,β-unsaturated/α-hetero) is 2. The number of benzene rings is 1. The summed E-state index contributed by atoms with van der Waals surface area (Å²) in [6.07, 6.45) is 0. The summed E-state index contributed by atoms with van der Waals surface area (Å²) >= 11 is 2.46. The molecule has 1 amide bonds. The number of thiazole rings is 1. The van der Waals surface area contributed by atoms with Crippen molar-refractivity contribution < 1.29 is 19.5 Å². The van der Waals surface area contributed by atoms with Crippen molar-refractivity contribution in [2.45, 2.75) is 33.7 Å². The van der Waals surface area contributed by atoms with Crippen LogP contribution in [0.5, 0.6) is 0 Å². The number of rotatable bonds is 4. The lowest BCUT2D eigenvalue weighted by Gasteiger charge is -2.21. The van der Waals surface area contributed by atoms with Gasteiger partial charge in [-0.1, -0.05) is 35.1 Å². The molecule has 2 aromatic heterocycles. The first-order valence-electron chi connectivity index (χ1n) is 9.61. The Balaban J connectivity index is 1.95. The van der Waals surface area contributed by atoms with Crippen LogP contribution in [0.1, 0.15) is 49.9 Å². The van der Waals surface area contributed by atoms with Gasteiger partial charge in [-0.25, -0.2) is 4.98 Å². The van der Waals surface area contributed by atoms with Gasteiger partial charge >= 0.3 is 5.91 Å². The minimum absolute atomic E-state index is 0.0263. The molecule has 1 atom stereocenters. The van der Waals surface area contributed by atoms with Gasteiger partial charge in [0.2, 0.25) is 0 Å². The van der Waals surface area contributed by atoms with Gasteiger partial charge in [-0.2, -0.15) is 0 Å². The van der Waals surface area contributed by atoms with Crippen LogP contribution in [0.3, 0.4) is 0 Å². The van der Waals surface area contributed by atoms with E-state index < -0.39 is 17.7 Å². The maximum atomic E-state index is 13.1. The molecule has 6 nitrogen and oxygen atoms in total. The first-order valence-corrected chi connectivity index (χ1v) is 11.3. The monoisotopic (exact) mass is 452 g/mol. The molecule has 1 aromatic carbocycles. The lowest BCUT2D eigenvalue weighted by molar-refractivity contribution is -0.132. The van der Waals surface area contributed by atoms with Gasteiger partial charge in [0.15, 0.2) is 10.9 Å². The Morgan fingerprint density at radius 2 is 1.90 bits per heavy atom. The van der Waals surface area contributed by atoms with Crippen molar-refractivity contribution >= 4 is 51.0 Å². The topological polar surface area (TPSA) is 87.6 Å². The predicted octanol–water partition coefficient (Wildman–Crippen LogP) is 4.96. The Bertz CT molecular complexity index is 1250. The molecule has 1 N–H and O–H groups in total. The highest BCUT2D eigenvalue weighted by Gasteiger charge is 2.48. The molecule has 158 valence electrons. The third-order valence-electron chi connectivity index (χ3n) is 5.22. The van der Waals surface area contributed by atoms with Gasteiger partial charge in [-0.15, -0.1) is 11.3 Å². The Morgan fingerprint density at radius 1 is 1.16 bits per heavy atom. The number of aryl methyl sites for hydroxylation is 3. The van der Waals surface area contributed by atoms with E-state index in [1.165, 1.54) is 23.2 Å². The Kier molecular flexibility index (Phi) is 5.36. The van der Waals surface area contributed by atoms with Crippen molar-refractivity contribution in [3.63, 3.8) is 0 Å². The number of carbonyl (C=O) groups excluding carboxylic acids is 3. The van der Waals surface area contributed by atoms with E-state index in [0.717, 1.165) is 27.3 Å². The number of aliphatic hydroxyl groups excluding tert-OH is 1. The average Bonchev–Trinajstić information content (AvgIpc) is 3.43. The van der Waals surface area contributed by atoms with Crippen LogP contribution < -0.4 is 4.90 Å². The summed E-state index contributed by atoms with van der Waals surface area (Å²) in [5.41, 5.74) is 2.77. The predicted molar refractivity (Wildman–Crippen MR) is 122 cm³/mol. The first kappa shape index (κ1) is 21.1. The fraction of sp³-hybridized carbons (Fsp3) is 0.217. The second-order valence-corrected chi connectivity index (χ2v) is 9.43. The molecule has 1 aliphatic heterocycles. The van der Waals surface area contributed by atoms with Crippen molar-refractivity contribution in [1.29, 1.82) is 0 Å². The third-order valence-corrected chi connectivity index (χ3v) is 7.40. The van der Waals surface area contributed by atoms with E-state index in [9.17, 15) is 19.5 Å². The summed E-state index contributed by atoms with van der Waals surface area (Å²) in [4.78, 5) is 45.1. The molecule has 8 heteroatoms. The number of carbonyl (C=O) groups is 3. The number of hydrogen-bond donors (Lipinski definition) is 1. The molecule has 1 fully saturated rings. The highest BCUT2D eigenvalue weighted by Crippen LogP contribution is 2.45. The molecular weight excluding hydrogens is 432 g/mol. The number of anilines is 1. The molecule has 3 aromatic rings. The van der Waals surface area contributed by atoms with Crippen molar-refractivity contribution in [3.05, 3.63) is 73.4 Å². The lowest BCUT2D eigenvalue weighted by atomic mass is 9.96. The summed E-state index contributed by atoms with van der Waals surface area (Å²) in [6, 6.07) is 8.41. The highest BCUT2D eigenvalue weighted by atomic mass is 32.1. The number of amides is 1. The van der Waals surface area contributed by atoms with E-state index in [-0.39, 0.29) is 22.2 Å². The van der Waals surface area contributed by atoms with Crippen LogP contribution in [-0.4, -0.2) is 27.6 Å². The van der Waals surface area contributed by atoms with Crippen LogP contribution in [-0.2, 0) is 9.59 Å². The molecule has 0 spiro atoms. The van der Waals surface area contributed by atoms with Crippen LogP contribution in [0.2, 0.25) is 0 Å². The van der Waals surface area contributed by atoms with Crippen molar-refractivity contribution in [2.75, 3.05) is 4.90 Å². The van der Waals surface area contributed by atoms with Crippen LogP contribution >= 0.6 is 22.7 Å². The number of aromatic nitrogens is 1. The summed E-state index contributed by atoms with van der Waals surface area (Å²) in [7, 11) is 0. The zero-order chi connectivity index (χ0) is 22.4. The molecule has 1 saturated heterocycles. The van der Waals surface area contributed by atoms with Crippen LogP contribution in [0, 0.1) is 20.8 Å². The smallest absolute Gasteiger partial charge is 0.301 e. The quantitative estimate of drug-likeness (QED) is 0.262. The van der Waals surface area contributed by atoms with Crippen LogP contribution in [0.15, 0.2) is 41.3 Å². The zero-order valence-corrected chi connectivity index (χ0v) is 19.1. The van der Waals surface area contributed by atoms with Gasteiger partial charge in [0, 0.05) is 17.4 Å². The van der Waals surface area contributed by atoms with E-state index in [2.05, 4.69) is 4.98 Å². The summed E-state index contributed by atoms with van der Waals surface area (Å²) in [5, 5.41) is 13.3. The largest absolute Gasteiger partial charge is 0.507 e. The van der Waals surface area contributed by atoms with Crippen LogP contribution in [0.4, 0.5) is 5.13 Å². The van der Waals surface area contributed by atoms with Gasteiger partial charge < -0.3 is 5.11 Å². The van der Waals surface area contributed by atoms with Gasteiger partial charge in [0.05, 0.1) is 16.1 Å². The number of ketones is 2. The third kappa shape index (κ3) is 3.51. The van der Waals surface area contributed by atoms with E-state index in [0.29, 0.717) is 16.1 Å². The molecular formula is C23H20N2O4S2. The van der Waals surface area contributed by atoms with Gasteiger partial charge in [-0.05, 0) is 43.8 Å². The number of thiophene rings is 1. The van der Waals surface area contributed by atoms with E-state index in [1.54, 1.807) is 13.0 Å². The molecule has 0 radical (unpaired) electrons. The number of aliphatic hydroxyl groups is 1.